The maximum atomic E-state index is 13.6. The number of rotatable bonds is 4. The van der Waals surface area contributed by atoms with E-state index in [1.807, 2.05) is 9.47 Å². The number of aryl methyl sites for hydroxylation is 1. The van der Waals surface area contributed by atoms with Crippen LogP contribution in [0.2, 0.25) is 0 Å². The van der Waals surface area contributed by atoms with E-state index in [2.05, 4.69) is 32.5 Å². The molecule has 33 heavy (non-hydrogen) atoms. The van der Waals surface area contributed by atoms with E-state index in [-0.39, 0.29) is 34.7 Å². The lowest BCUT2D eigenvalue weighted by Crippen LogP contribution is -2.73. The fourth-order valence-corrected chi connectivity index (χ4v) is 5.40. The molecule has 9 nitrogen and oxygen atoms in total. The average molecular weight is 460 g/mol. The minimum Gasteiger partial charge on any atom is -0.318 e. The summed E-state index contributed by atoms with van der Waals surface area (Å²) in [5, 5.41) is 14.5. The third-order valence-corrected chi connectivity index (χ3v) is 6.47. The van der Waals surface area contributed by atoms with E-state index < -0.39 is 11.7 Å². The van der Waals surface area contributed by atoms with E-state index in [9.17, 15) is 18.0 Å². The number of hydrogen-bond donors (Lipinski definition) is 1. The van der Waals surface area contributed by atoms with Crippen molar-refractivity contribution >= 4 is 11.7 Å². The van der Waals surface area contributed by atoms with E-state index in [1.165, 1.54) is 23.1 Å². The topological polar surface area (TPSA) is 93.8 Å². The molecule has 0 spiro atoms. The number of piperidine rings is 1. The van der Waals surface area contributed by atoms with Crippen LogP contribution < -0.4 is 5.32 Å². The number of urea groups is 1. The molecule has 3 aromatic rings. The molecule has 1 saturated carbocycles. The highest BCUT2D eigenvalue weighted by atomic mass is 19.4. The van der Waals surface area contributed by atoms with E-state index in [0.717, 1.165) is 25.3 Å². The lowest BCUT2D eigenvalue weighted by atomic mass is 9.64. The van der Waals surface area contributed by atoms with Crippen LogP contribution in [0, 0.1) is 5.92 Å². The Balaban J connectivity index is 1.42. The zero-order valence-corrected chi connectivity index (χ0v) is 18.1. The first-order chi connectivity index (χ1) is 15.6. The first-order valence-electron chi connectivity index (χ1n) is 10.6. The van der Waals surface area contributed by atoms with Gasteiger partial charge >= 0.3 is 12.2 Å². The number of alkyl halides is 3. The van der Waals surface area contributed by atoms with Crippen LogP contribution >= 0.6 is 0 Å². The molecule has 2 amide bonds. The molecule has 2 saturated heterocycles. The smallest absolute Gasteiger partial charge is 0.318 e. The van der Waals surface area contributed by atoms with Gasteiger partial charge in [-0.25, -0.2) is 9.78 Å². The first-order valence-corrected chi connectivity index (χ1v) is 10.6. The molecule has 0 radical (unpaired) electrons. The molecule has 0 unspecified atom stereocenters. The number of nitrogens with one attached hydrogen (secondary N) is 1. The number of fused-ring (bicyclic) bond motifs is 2. The van der Waals surface area contributed by atoms with Crippen LogP contribution in [-0.2, 0) is 19.8 Å². The van der Waals surface area contributed by atoms with Crippen LogP contribution in [0.5, 0.6) is 0 Å². The number of hydrogen-bond acceptors (Lipinski definition) is 5. The number of benzene rings is 1. The molecule has 2 bridgehead atoms. The van der Waals surface area contributed by atoms with Gasteiger partial charge in [-0.3, -0.25) is 4.68 Å². The van der Waals surface area contributed by atoms with Gasteiger partial charge in [-0.2, -0.15) is 18.3 Å². The van der Waals surface area contributed by atoms with Gasteiger partial charge in [-0.1, -0.05) is 6.92 Å². The lowest BCUT2D eigenvalue weighted by molar-refractivity contribution is -0.137. The number of carbonyl (C=O) groups is 1. The third-order valence-electron chi connectivity index (χ3n) is 6.47. The molecule has 2 aromatic heterocycles. The van der Waals surface area contributed by atoms with Gasteiger partial charge in [0.15, 0.2) is 5.82 Å². The van der Waals surface area contributed by atoms with Crippen molar-refractivity contribution in [3.05, 3.63) is 42.7 Å². The van der Waals surface area contributed by atoms with Gasteiger partial charge in [0.05, 0.1) is 11.1 Å². The second-order valence-corrected chi connectivity index (χ2v) is 9.06. The van der Waals surface area contributed by atoms with Crippen LogP contribution in [0.25, 0.3) is 11.4 Å². The van der Waals surface area contributed by atoms with Gasteiger partial charge in [-0.05, 0) is 43.4 Å². The van der Waals surface area contributed by atoms with Gasteiger partial charge in [0, 0.05) is 30.9 Å². The van der Waals surface area contributed by atoms with Crippen molar-refractivity contribution in [3.8, 4) is 11.4 Å². The normalized spacial score (nSPS) is 24.5. The van der Waals surface area contributed by atoms with Crippen LogP contribution in [0.1, 0.15) is 31.7 Å². The molecule has 2 aliphatic heterocycles. The third kappa shape index (κ3) is 3.83. The lowest BCUT2D eigenvalue weighted by Gasteiger charge is -2.63. The summed E-state index contributed by atoms with van der Waals surface area (Å²) >= 11 is 0. The molecule has 4 heterocycles. The van der Waals surface area contributed by atoms with Crippen molar-refractivity contribution in [2.24, 2.45) is 13.0 Å². The van der Waals surface area contributed by atoms with Crippen LogP contribution in [0.15, 0.2) is 37.2 Å². The zero-order chi connectivity index (χ0) is 23.4. The van der Waals surface area contributed by atoms with Crippen molar-refractivity contribution in [1.82, 2.24) is 34.4 Å². The van der Waals surface area contributed by atoms with Crippen molar-refractivity contribution in [2.45, 2.75) is 50.5 Å². The number of nitrogens with zero attached hydrogens (tertiary/aromatic N) is 7. The van der Waals surface area contributed by atoms with Crippen LogP contribution in [0.4, 0.5) is 23.7 Å². The maximum absolute atomic E-state index is 13.6. The van der Waals surface area contributed by atoms with Crippen LogP contribution in [0.3, 0.4) is 0 Å². The van der Waals surface area contributed by atoms with Gasteiger partial charge in [0.2, 0.25) is 0 Å². The summed E-state index contributed by atoms with van der Waals surface area (Å²) in [6.07, 6.45) is 2.61. The summed E-state index contributed by atoms with van der Waals surface area (Å²) in [6, 6.07) is 3.26. The van der Waals surface area contributed by atoms with E-state index in [0.29, 0.717) is 12.5 Å². The standard InChI is InChI=1S/C21H23F3N8O/c1-13-5-15-8-20(7-13,9-31-11-26-27-12-31)32(15)19(33)28-14-3-4-17(21(22,23)24)16(6-14)18-25-10-30(2)29-18/h3-4,6,10-13,15H,5,7-9H2,1-2H3,(H,28,33)/t13-,15-,20+/m1/s1. The Hall–Kier alpha value is -3.44. The molecule has 12 heteroatoms. The second-order valence-electron chi connectivity index (χ2n) is 9.06. The van der Waals surface area contributed by atoms with E-state index >= 15 is 0 Å². The second kappa shape index (κ2) is 7.56. The highest BCUT2D eigenvalue weighted by Gasteiger charge is 2.58. The monoisotopic (exact) mass is 460 g/mol. The van der Waals surface area contributed by atoms with Crippen molar-refractivity contribution < 1.29 is 18.0 Å². The summed E-state index contributed by atoms with van der Waals surface area (Å²) in [5.41, 5.74) is -1.15. The summed E-state index contributed by atoms with van der Waals surface area (Å²) in [5.74, 6) is 0.414. The Morgan fingerprint density at radius 3 is 2.64 bits per heavy atom. The van der Waals surface area contributed by atoms with Crippen molar-refractivity contribution in [3.63, 3.8) is 0 Å². The number of carbonyl (C=O) groups excluding carboxylic acids is 1. The predicted octanol–water partition coefficient (Wildman–Crippen LogP) is 3.57. The minimum absolute atomic E-state index is 0.0559. The summed E-state index contributed by atoms with van der Waals surface area (Å²) < 4.78 is 43.9. The Kier molecular flexibility index (Phi) is 4.91. The van der Waals surface area contributed by atoms with Crippen LogP contribution in [-0.4, -0.2) is 52.0 Å². The Morgan fingerprint density at radius 1 is 1.21 bits per heavy atom. The number of halogens is 3. The fourth-order valence-electron chi connectivity index (χ4n) is 5.40. The zero-order valence-electron chi connectivity index (χ0n) is 18.1. The predicted molar refractivity (Wildman–Crippen MR) is 112 cm³/mol. The molecule has 3 aliphatic rings. The molecule has 3 fully saturated rings. The summed E-state index contributed by atoms with van der Waals surface area (Å²) in [7, 11) is 1.58. The first kappa shape index (κ1) is 21.4. The molecule has 1 N–H and O–H groups in total. The molecule has 174 valence electrons. The Bertz CT molecular complexity index is 1170. The number of amides is 2. The van der Waals surface area contributed by atoms with Gasteiger partial charge < -0.3 is 14.8 Å². The number of anilines is 1. The molecule has 1 aliphatic carbocycles. The van der Waals surface area contributed by atoms with Crippen molar-refractivity contribution in [1.29, 1.82) is 0 Å². The quantitative estimate of drug-likeness (QED) is 0.643. The summed E-state index contributed by atoms with van der Waals surface area (Å²) in [6.45, 7) is 2.74. The number of aromatic nitrogens is 6. The van der Waals surface area contributed by atoms with E-state index in [4.69, 9.17) is 0 Å². The molecule has 6 rings (SSSR count). The molecular weight excluding hydrogens is 437 g/mol. The molecular formula is C21H23F3N8O. The minimum atomic E-state index is -4.58. The Morgan fingerprint density at radius 2 is 1.97 bits per heavy atom. The highest BCUT2D eigenvalue weighted by Crippen LogP contribution is 2.51. The van der Waals surface area contributed by atoms with Gasteiger partial charge in [0.1, 0.15) is 19.0 Å². The van der Waals surface area contributed by atoms with Crippen molar-refractivity contribution in [2.75, 3.05) is 5.32 Å². The largest absolute Gasteiger partial charge is 0.417 e. The molecule has 3 atom stereocenters. The molecule has 1 aromatic carbocycles. The van der Waals surface area contributed by atoms with E-state index in [1.54, 1.807) is 19.7 Å². The highest BCUT2D eigenvalue weighted by molar-refractivity contribution is 5.92. The Labute approximate surface area is 187 Å². The summed E-state index contributed by atoms with van der Waals surface area (Å²) in [4.78, 5) is 19.1. The SMILES string of the molecule is C[C@@H]1C[C@@H]2C[C@](Cn3cnnc3)(C1)N2C(=O)Nc1ccc(C(F)(F)F)c(-c2ncn(C)n2)c1. The average Bonchev–Trinajstić information content (AvgIpc) is 3.38. The van der Waals surface area contributed by atoms with Gasteiger partial charge in [-0.15, -0.1) is 10.2 Å². The van der Waals surface area contributed by atoms with Gasteiger partial charge in [0.25, 0.3) is 0 Å². The fraction of sp³-hybridized carbons (Fsp3) is 0.476. The maximum Gasteiger partial charge on any atom is 0.417 e.